The fourth-order valence-electron chi connectivity index (χ4n) is 1.74. The largest absolute Gasteiger partial charge is 0.464 e. The lowest BCUT2D eigenvalue weighted by molar-refractivity contribution is -0.155. The highest BCUT2D eigenvalue weighted by molar-refractivity contribution is 5.87. The van der Waals surface area contributed by atoms with Crippen molar-refractivity contribution in [1.29, 1.82) is 0 Å². The van der Waals surface area contributed by atoms with Gasteiger partial charge in [-0.25, -0.2) is 4.79 Å². The van der Waals surface area contributed by atoms with Crippen LogP contribution in [0, 0.1) is 11.8 Å². The Morgan fingerprint density at radius 1 is 1.44 bits per heavy atom. The van der Waals surface area contributed by atoms with E-state index in [1.807, 2.05) is 13.8 Å². The van der Waals surface area contributed by atoms with E-state index in [1.165, 1.54) is 6.92 Å². The second-order valence-electron chi connectivity index (χ2n) is 5.15. The van der Waals surface area contributed by atoms with Crippen molar-refractivity contribution < 1.29 is 14.3 Å². The maximum Gasteiger partial charge on any atom is 0.331 e. The zero-order valence-corrected chi connectivity index (χ0v) is 10.5. The molecule has 1 fully saturated rings. The van der Waals surface area contributed by atoms with E-state index in [2.05, 4.69) is 5.32 Å². The van der Waals surface area contributed by atoms with Crippen LogP contribution < -0.4 is 5.32 Å². The minimum absolute atomic E-state index is 0.184. The molecule has 4 nitrogen and oxygen atoms in total. The molecule has 4 heteroatoms. The zero-order chi connectivity index (χ0) is 12.3. The molecule has 92 valence electrons. The molecule has 0 aliphatic heterocycles. The van der Waals surface area contributed by atoms with E-state index < -0.39 is 5.54 Å². The number of amides is 1. The molecular weight excluding hydrogens is 206 g/mol. The molecule has 0 aromatic carbocycles. The Kier molecular flexibility index (Phi) is 3.94. The monoisotopic (exact) mass is 227 g/mol. The van der Waals surface area contributed by atoms with Gasteiger partial charge in [0.05, 0.1) is 6.61 Å². The van der Waals surface area contributed by atoms with Gasteiger partial charge in [0.15, 0.2) is 0 Å². The molecule has 1 N–H and O–H groups in total. The number of esters is 1. The van der Waals surface area contributed by atoms with Gasteiger partial charge in [0.2, 0.25) is 5.91 Å². The standard InChI is InChI=1S/C12H21NO3/c1-8(2)7-16-11(15)12(4,10-5-6-10)13-9(3)14/h8,10H,5-7H2,1-4H3,(H,13,14)/t12-/m1/s1. The van der Waals surface area contributed by atoms with Crippen molar-refractivity contribution in [3.8, 4) is 0 Å². The van der Waals surface area contributed by atoms with Crippen molar-refractivity contribution in [3.05, 3.63) is 0 Å². The summed E-state index contributed by atoms with van der Waals surface area (Å²) in [5.41, 5.74) is -0.833. The maximum atomic E-state index is 11.9. The van der Waals surface area contributed by atoms with Crippen LogP contribution in [-0.4, -0.2) is 24.0 Å². The molecule has 0 unspecified atom stereocenters. The third kappa shape index (κ3) is 3.22. The van der Waals surface area contributed by atoms with E-state index in [0.29, 0.717) is 12.5 Å². The van der Waals surface area contributed by atoms with Gasteiger partial charge in [-0.15, -0.1) is 0 Å². The van der Waals surface area contributed by atoms with E-state index in [-0.39, 0.29) is 17.8 Å². The Labute approximate surface area is 96.7 Å². The number of rotatable bonds is 5. The summed E-state index contributed by atoms with van der Waals surface area (Å²) >= 11 is 0. The summed E-state index contributed by atoms with van der Waals surface area (Å²) in [4.78, 5) is 23.1. The second kappa shape index (κ2) is 4.85. The first-order valence-corrected chi connectivity index (χ1v) is 5.82. The van der Waals surface area contributed by atoms with E-state index >= 15 is 0 Å². The Morgan fingerprint density at radius 2 is 2.00 bits per heavy atom. The van der Waals surface area contributed by atoms with Gasteiger partial charge in [-0.05, 0) is 31.6 Å². The van der Waals surface area contributed by atoms with Crippen LogP contribution in [0.5, 0.6) is 0 Å². The number of hydrogen-bond acceptors (Lipinski definition) is 3. The Bertz CT molecular complexity index is 284. The molecular formula is C12H21NO3. The highest BCUT2D eigenvalue weighted by Gasteiger charge is 2.49. The van der Waals surface area contributed by atoms with E-state index in [4.69, 9.17) is 4.74 Å². The van der Waals surface area contributed by atoms with Gasteiger partial charge >= 0.3 is 5.97 Å². The van der Waals surface area contributed by atoms with Crippen LogP contribution in [0.25, 0.3) is 0 Å². The van der Waals surface area contributed by atoms with Gasteiger partial charge < -0.3 is 10.1 Å². The number of nitrogens with one attached hydrogen (secondary N) is 1. The highest BCUT2D eigenvalue weighted by atomic mass is 16.5. The number of carbonyl (C=O) groups is 2. The first-order valence-electron chi connectivity index (χ1n) is 5.82. The van der Waals surface area contributed by atoms with Crippen molar-refractivity contribution >= 4 is 11.9 Å². The predicted molar refractivity (Wildman–Crippen MR) is 60.7 cm³/mol. The van der Waals surface area contributed by atoms with Crippen LogP contribution in [0.3, 0.4) is 0 Å². The average Bonchev–Trinajstić information content (AvgIpc) is 2.95. The second-order valence-corrected chi connectivity index (χ2v) is 5.15. The lowest BCUT2D eigenvalue weighted by Gasteiger charge is -2.28. The van der Waals surface area contributed by atoms with Crippen LogP contribution in [0.1, 0.15) is 40.5 Å². The molecule has 1 aliphatic carbocycles. The van der Waals surface area contributed by atoms with Gasteiger partial charge in [0.1, 0.15) is 5.54 Å². The van der Waals surface area contributed by atoms with Gasteiger partial charge in [0.25, 0.3) is 0 Å². The lowest BCUT2D eigenvalue weighted by Crippen LogP contribution is -2.54. The molecule has 0 saturated heterocycles. The Morgan fingerprint density at radius 3 is 2.38 bits per heavy atom. The molecule has 0 radical (unpaired) electrons. The van der Waals surface area contributed by atoms with E-state index in [1.54, 1.807) is 6.92 Å². The topological polar surface area (TPSA) is 55.4 Å². The smallest absolute Gasteiger partial charge is 0.331 e. The van der Waals surface area contributed by atoms with Crippen LogP contribution in [0.2, 0.25) is 0 Å². The summed E-state index contributed by atoms with van der Waals surface area (Å²) in [7, 11) is 0. The quantitative estimate of drug-likeness (QED) is 0.724. The van der Waals surface area contributed by atoms with Crippen molar-refractivity contribution in [3.63, 3.8) is 0 Å². The van der Waals surface area contributed by atoms with Gasteiger partial charge in [0, 0.05) is 6.92 Å². The van der Waals surface area contributed by atoms with E-state index in [9.17, 15) is 9.59 Å². The molecule has 16 heavy (non-hydrogen) atoms. The third-order valence-corrected chi connectivity index (χ3v) is 2.80. The number of carbonyl (C=O) groups excluding carboxylic acids is 2. The number of ether oxygens (including phenoxy) is 1. The average molecular weight is 227 g/mol. The molecule has 1 saturated carbocycles. The molecule has 0 heterocycles. The van der Waals surface area contributed by atoms with Crippen molar-refractivity contribution in [2.45, 2.75) is 46.1 Å². The van der Waals surface area contributed by atoms with Crippen LogP contribution in [-0.2, 0) is 14.3 Å². The van der Waals surface area contributed by atoms with Gasteiger partial charge in [-0.3, -0.25) is 4.79 Å². The lowest BCUT2D eigenvalue weighted by atomic mass is 9.96. The van der Waals surface area contributed by atoms with Crippen molar-refractivity contribution in [2.75, 3.05) is 6.61 Å². The van der Waals surface area contributed by atoms with Crippen LogP contribution >= 0.6 is 0 Å². The molecule has 1 amide bonds. The Balaban J connectivity index is 2.61. The molecule has 1 aliphatic rings. The minimum atomic E-state index is -0.833. The summed E-state index contributed by atoms with van der Waals surface area (Å²) in [5, 5.41) is 2.73. The zero-order valence-electron chi connectivity index (χ0n) is 10.5. The van der Waals surface area contributed by atoms with Crippen molar-refractivity contribution in [1.82, 2.24) is 5.32 Å². The minimum Gasteiger partial charge on any atom is -0.464 e. The predicted octanol–water partition coefficient (Wildman–Crippen LogP) is 1.49. The summed E-state index contributed by atoms with van der Waals surface area (Å²) in [6, 6.07) is 0. The molecule has 1 atom stereocenters. The molecule has 1 rings (SSSR count). The normalized spacial score (nSPS) is 19.1. The maximum absolute atomic E-state index is 11.9. The summed E-state index contributed by atoms with van der Waals surface area (Å²) in [6.07, 6.45) is 1.96. The fourth-order valence-corrected chi connectivity index (χ4v) is 1.74. The molecule has 0 aromatic heterocycles. The number of hydrogen-bond donors (Lipinski definition) is 1. The van der Waals surface area contributed by atoms with Crippen molar-refractivity contribution in [2.24, 2.45) is 11.8 Å². The SMILES string of the molecule is CC(=O)N[C@@](C)(C(=O)OCC(C)C)C1CC1. The van der Waals surface area contributed by atoms with Gasteiger partial charge in [-0.2, -0.15) is 0 Å². The molecule has 0 spiro atoms. The van der Waals surface area contributed by atoms with Crippen LogP contribution in [0.15, 0.2) is 0 Å². The fraction of sp³-hybridized carbons (Fsp3) is 0.833. The Hall–Kier alpha value is -1.06. The first-order chi connectivity index (χ1) is 7.36. The summed E-state index contributed by atoms with van der Waals surface area (Å²) < 4.78 is 5.22. The highest BCUT2D eigenvalue weighted by Crippen LogP contribution is 2.40. The molecule has 0 bridgehead atoms. The molecule has 0 aromatic rings. The van der Waals surface area contributed by atoms with E-state index in [0.717, 1.165) is 12.8 Å². The van der Waals surface area contributed by atoms with Gasteiger partial charge in [-0.1, -0.05) is 13.8 Å². The third-order valence-electron chi connectivity index (χ3n) is 2.80. The first kappa shape index (κ1) is 13.0. The summed E-state index contributed by atoms with van der Waals surface area (Å²) in [6.45, 7) is 7.56. The summed E-state index contributed by atoms with van der Waals surface area (Å²) in [5.74, 6) is 0.0515. The van der Waals surface area contributed by atoms with Crippen LogP contribution in [0.4, 0.5) is 0 Å².